The lowest BCUT2D eigenvalue weighted by Gasteiger charge is -2.17. The second-order valence-corrected chi connectivity index (χ2v) is 6.85. The van der Waals surface area contributed by atoms with Crippen LogP contribution < -0.4 is 10.6 Å². The Bertz CT molecular complexity index is 487. The number of nitrogens with zero attached hydrogens (tertiary/aromatic N) is 2. The lowest BCUT2D eigenvalue weighted by Crippen LogP contribution is -2.35. The molecule has 0 spiro atoms. The van der Waals surface area contributed by atoms with Crippen molar-refractivity contribution in [1.29, 1.82) is 0 Å². The zero-order valence-electron chi connectivity index (χ0n) is 13.8. The minimum atomic E-state index is 0.229. The van der Waals surface area contributed by atoms with Crippen molar-refractivity contribution in [2.75, 3.05) is 31.5 Å². The molecule has 0 aromatic carbocycles. The molecule has 0 bridgehead atoms. The molecular weight excluding hydrogens is 288 g/mol. The van der Waals surface area contributed by atoms with Crippen LogP contribution in [-0.2, 0) is 4.79 Å². The molecule has 0 unspecified atom stereocenters. The van der Waals surface area contributed by atoms with Crippen LogP contribution in [0.15, 0.2) is 24.4 Å². The van der Waals surface area contributed by atoms with Gasteiger partial charge in [0.2, 0.25) is 5.91 Å². The number of aromatic nitrogens is 1. The van der Waals surface area contributed by atoms with E-state index in [1.807, 2.05) is 24.4 Å². The van der Waals surface area contributed by atoms with E-state index in [1.54, 1.807) is 0 Å². The van der Waals surface area contributed by atoms with Crippen molar-refractivity contribution in [2.45, 2.75) is 44.6 Å². The third-order valence-electron chi connectivity index (χ3n) is 4.98. The predicted molar refractivity (Wildman–Crippen MR) is 92.3 cm³/mol. The zero-order chi connectivity index (χ0) is 15.9. The summed E-state index contributed by atoms with van der Waals surface area (Å²) in [5, 5.41) is 6.58. The molecule has 0 radical (unpaired) electrons. The molecular formula is C18H28N4O. The Kier molecular flexibility index (Phi) is 5.86. The number of amides is 1. The van der Waals surface area contributed by atoms with E-state index in [0.29, 0.717) is 18.4 Å². The van der Waals surface area contributed by atoms with Gasteiger partial charge >= 0.3 is 0 Å². The third kappa shape index (κ3) is 5.20. The standard InChI is InChI=1S/C18H28N4O/c23-18(21-16-5-1-2-6-16)9-12-22-11-8-15(14-22)13-20-17-7-3-4-10-19-17/h3-4,7,10,15-16H,1-2,5-6,8-9,11-14H2,(H,19,20)(H,21,23)/t15-/m0/s1. The smallest absolute Gasteiger partial charge is 0.221 e. The number of hydrogen-bond donors (Lipinski definition) is 2. The maximum absolute atomic E-state index is 12.0. The zero-order valence-corrected chi connectivity index (χ0v) is 13.8. The molecule has 2 heterocycles. The summed E-state index contributed by atoms with van der Waals surface area (Å²) in [6.07, 6.45) is 8.50. The SMILES string of the molecule is O=C(CCN1CC[C@@H](CNc2ccccn2)C1)NC1CCCC1. The van der Waals surface area contributed by atoms with Crippen molar-refractivity contribution < 1.29 is 4.79 Å². The molecule has 3 rings (SSSR count). The van der Waals surface area contributed by atoms with Crippen molar-refractivity contribution in [2.24, 2.45) is 5.92 Å². The van der Waals surface area contributed by atoms with E-state index < -0.39 is 0 Å². The Hall–Kier alpha value is -1.62. The maximum Gasteiger partial charge on any atom is 0.221 e. The molecule has 5 nitrogen and oxygen atoms in total. The van der Waals surface area contributed by atoms with Gasteiger partial charge in [-0.3, -0.25) is 4.79 Å². The monoisotopic (exact) mass is 316 g/mol. The number of anilines is 1. The van der Waals surface area contributed by atoms with Crippen LogP contribution in [0.4, 0.5) is 5.82 Å². The first kappa shape index (κ1) is 16.2. The van der Waals surface area contributed by atoms with E-state index in [-0.39, 0.29) is 5.91 Å². The molecule has 2 N–H and O–H groups in total. The summed E-state index contributed by atoms with van der Waals surface area (Å²) in [6.45, 7) is 4.03. The Morgan fingerprint density at radius 2 is 2.13 bits per heavy atom. The van der Waals surface area contributed by atoms with Crippen LogP contribution in [0.3, 0.4) is 0 Å². The summed E-state index contributed by atoms with van der Waals surface area (Å²) in [6, 6.07) is 6.37. The molecule has 1 aliphatic carbocycles. The fourth-order valence-electron chi connectivity index (χ4n) is 3.63. The summed E-state index contributed by atoms with van der Waals surface area (Å²) in [5.41, 5.74) is 0. The average molecular weight is 316 g/mol. The average Bonchev–Trinajstić information content (AvgIpc) is 3.24. The number of pyridine rings is 1. The molecule has 2 aliphatic rings. The fraction of sp³-hybridized carbons (Fsp3) is 0.667. The molecule has 1 saturated carbocycles. The summed E-state index contributed by atoms with van der Waals surface area (Å²) >= 11 is 0. The molecule has 1 aromatic rings. The highest BCUT2D eigenvalue weighted by Gasteiger charge is 2.23. The van der Waals surface area contributed by atoms with Crippen molar-refractivity contribution >= 4 is 11.7 Å². The molecule has 1 amide bonds. The van der Waals surface area contributed by atoms with Gasteiger partial charge in [-0.05, 0) is 43.9 Å². The highest BCUT2D eigenvalue weighted by atomic mass is 16.1. The van der Waals surface area contributed by atoms with Gasteiger partial charge in [-0.2, -0.15) is 0 Å². The van der Waals surface area contributed by atoms with Crippen LogP contribution in [0, 0.1) is 5.92 Å². The first-order valence-electron chi connectivity index (χ1n) is 8.96. The van der Waals surface area contributed by atoms with Gasteiger partial charge in [0.25, 0.3) is 0 Å². The lowest BCUT2D eigenvalue weighted by atomic mass is 10.1. The van der Waals surface area contributed by atoms with Crippen LogP contribution in [-0.4, -0.2) is 48.0 Å². The molecule has 2 fully saturated rings. The van der Waals surface area contributed by atoms with Crippen molar-refractivity contribution in [1.82, 2.24) is 15.2 Å². The van der Waals surface area contributed by atoms with Crippen LogP contribution >= 0.6 is 0 Å². The van der Waals surface area contributed by atoms with E-state index in [0.717, 1.165) is 44.8 Å². The number of likely N-dealkylation sites (tertiary alicyclic amines) is 1. The van der Waals surface area contributed by atoms with E-state index in [1.165, 1.54) is 19.3 Å². The summed E-state index contributed by atoms with van der Waals surface area (Å²) < 4.78 is 0. The second-order valence-electron chi connectivity index (χ2n) is 6.85. The van der Waals surface area contributed by atoms with Crippen LogP contribution in [0.5, 0.6) is 0 Å². The van der Waals surface area contributed by atoms with Gasteiger partial charge in [0.05, 0.1) is 0 Å². The van der Waals surface area contributed by atoms with E-state index >= 15 is 0 Å². The topological polar surface area (TPSA) is 57.3 Å². The van der Waals surface area contributed by atoms with Crippen LogP contribution in [0.1, 0.15) is 38.5 Å². The molecule has 1 aromatic heterocycles. The van der Waals surface area contributed by atoms with Gasteiger partial charge in [-0.1, -0.05) is 18.9 Å². The number of hydrogen-bond acceptors (Lipinski definition) is 4. The quantitative estimate of drug-likeness (QED) is 0.810. The highest BCUT2D eigenvalue weighted by molar-refractivity contribution is 5.76. The molecule has 1 atom stereocenters. The number of carbonyl (C=O) groups excluding carboxylic acids is 1. The number of carbonyl (C=O) groups is 1. The summed E-state index contributed by atoms with van der Waals surface area (Å²) in [7, 11) is 0. The van der Waals surface area contributed by atoms with E-state index in [4.69, 9.17) is 0 Å². The van der Waals surface area contributed by atoms with Gasteiger partial charge in [0.15, 0.2) is 0 Å². The first-order valence-corrected chi connectivity index (χ1v) is 8.96. The summed E-state index contributed by atoms with van der Waals surface area (Å²) in [4.78, 5) is 18.7. The first-order chi connectivity index (χ1) is 11.3. The Morgan fingerprint density at radius 1 is 1.26 bits per heavy atom. The van der Waals surface area contributed by atoms with Crippen molar-refractivity contribution in [3.63, 3.8) is 0 Å². The van der Waals surface area contributed by atoms with Crippen LogP contribution in [0.25, 0.3) is 0 Å². The van der Waals surface area contributed by atoms with Gasteiger partial charge in [0, 0.05) is 38.3 Å². The Balaban J connectivity index is 1.31. The molecule has 23 heavy (non-hydrogen) atoms. The number of nitrogens with one attached hydrogen (secondary N) is 2. The molecule has 1 saturated heterocycles. The number of rotatable bonds is 7. The Morgan fingerprint density at radius 3 is 2.91 bits per heavy atom. The van der Waals surface area contributed by atoms with Crippen molar-refractivity contribution in [3.8, 4) is 0 Å². The predicted octanol–water partition coefficient (Wildman–Crippen LogP) is 2.26. The van der Waals surface area contributed by atoms with Crippen LogP contribution in [0.2, 0.25) is 0 Å². The van der Waals surface area contributed by atoms with E-state index in [9.17, 15) is 4.79 Å². The van der Waals surface area contributed by atoms with Gasteiger partial charge in [-0.25, -0.2) is 4.98 Å². The minimum absolute atomic E-state index is 0.229. The molecule has 1 aliphatic heterocycles. The van der Waals surface area contributed by atoms with Gasteiger partial charge in [0.1, 0.15) is 5.82 Å². The lowest BCUT2D eigenvalue weighted by molar-refractivity contribution is -0.122. The largest absolute Gasteiger partial charge is 0.370 e. The molecule has 126 valence electrons. The second kappa shape index (κ2) is 8.29. The highest BCUT2D eigenvalue weighted by Crippen LogP contribution is 2.19. The minimum Gasteiger partial charge on any atom is -0.370 e. The normalized spacial score (nSPS) is 22.3. The maximum atomic E-state index is 12.0. The third-order valence-corrected chi connectivity index (χ3v) is 4.98. The molecule has 5 heteroatoms. The van der Waals surface area contributed by atoms with Crippen molar-refractivity contribution in [3.05, 3.63) is 24.4 Å². The fourth-order valence-corrected chi connectivity index (χ4v) is 3.63. The van der Waals surface area contributed by atoms with E-state index in [2.05, 4.69) is 20.5 Å². The Labute approximate surface area is 138 Å². The van der Waals surface area contributed by atoms with Gasteiger partial charge < -0.3 is 15.5 Å². The van der Waals surface area contributed by atoms with Gasteiger partial charge in [-0.15, -0.1) is 0 Å². The summed E-state index contributed by atoms with van der Waals surface area (Å²) in [5.74, 6) is 1.82.